The number of hydrogen-bond acceptors (Lipinski definition) is 4. The number of rotatable bonds is 4. The standard InChI is InChI=1S/C12H15IN4O/c1-17-12(18-2)6-9(16-17)7-15-11-4-3-8(14)5-10(11)13/h3-6,15H,7,14H2,1-2H3. The number of aryl methyl sites for hydroxylation is 1. The molecule has 0 saturated heterocycles. The summed E-state index contributed by atoms with van der Waals surface area (Å²) in [5.41, 5.74) is 8.46. The number of halogens is 1. The molecule has 0 radical (unpaired) electrons. The van der Waals surface area contributed by atoms with E-state index in [4.69, 9.17) is 10.5 Å². The normalized spacial score (nSPS) is 10.4. The van der Waals surface area contributed by atoms with E-state index in [-0.39, 0.29) is 0 Å². The van der Waals surface area contributed by atoms with Gasteiger partial charge in [0.05, 0.1) is 19.3 Å². The molecule has 0 spiro atoms. The molecule has 96 valence electrons. The average Bonchev–Trinajstić information content (AvgIpc) is 2.69. The van der Waals surface area contributed by atoms with Gasteiger partial charge in [-0.1, -0.05) is 0 Å². The van der Waals surface area contributed by atoms with E-state index in [1.807, 2.05) is 31.3 Å². The lowest BCUT2D eigenvalue weighted by Gasteiger charge is -2.07. The van der Waals surface area contributed by atoms with Crippen LogP contribution in [0.3, 0.4) is 0 Å². The molecule has 1 aromatic carbocycles. The van der Waals surface area contributed by atoms with Gasteiger partial charge >= 0.3 is 0 Å². The Kier molecular flexibility index (Phi) is 3.95. The summed E-state index contributed by atoms with van der Waals surface area (Å²) in [7, 11) is 3.49. The minimum absolute atomic E-state index is 0.650. The van der Waals surface area contributed by atoms with Crippen molar-refractivity contribution in [1.82, 2.24) is 9.78 Å². The summed E-state index contributed by atoms with van der Waals surface area (Å²) in [6.45, 7) is 0.650. The van der Waals surface area contributed by atoms with Crippen molar-refractivity contribution in [2.45, 2.75) is 6.54 Å². The molecule has 0 fully saturated rings. The molecule has 2 rings (SSSR count). The number of ether oxygens (including phenoxy) is 1. The van der Waals surface area contributed by atoms with Crippen molar-refractivity contribution in [3.05, 3.63) is 33.5 Å². The minimum atomic E-state index is 0.650. The van der Waals surface area contributed by atoms with E-state index in [1.54, 1.807) is 11.8 Å². The van der Waals surface area contributed by atoms with Gasteiger partial charge in [-0.2, -0.15) is 5.10 Å². The van der Waals surface area contributed by atoms with Crippen LogP contribution in [-0.2, 0) is 13.6 Å². The smallest absolute Gasteiger partial charge is 0.211 e. The van der Waals surface area contributed by atoms with E-state index in [9.17, 15) is 0 Å². The van der Waals surface area contributed by atoms with Crippen LogP contribution in [0.25, 0.3) is 0 Å². The number of anilines is 2. The molecule has 0 atom stereocenters. The van der Waals surface area contributed by atoms with Crippen molar-refractivity contribution < 1.29 is 4.74 Å². The summed E-state index contributed by atoms with van der Waals surface area (Å²) in [6.07, 6.45) is 0. The molecular formula is C12H15IN4O. The third kappa shape index (κ3) is 2.87. The Balaban J connectivity index is 2.06. The van der Waals surface area contributed by atoms with Crippen molar-refractivity contribution in [2.75, 3.05) is 18.2 Å². The van der Waals surface area contributed by atoms with Crippen molar-refractivity contribution in [2.24, 2.45) is 7.05 Å². The zero-order chi connectivity index (χ0) is 13.1. The van der Waals surface area contributed by atoms with E-state index in [0.29, 0.717) is 6.54 Å². The lowest BCUT2D eigenvalue weighted by molar-refractivity contribution is 0.373. The first-order chi connectivity index (χ1) is 8.60. The fourth-order valence-corrected chi connectivity index (χ4v) is 2.37. The van der Waals surface area contributed by atoms with Gasteiger partial charge < -0.3 is 15.8 Å². The Hall–Kier alpha value is -1.44. The highest BCUT2D eigenvalue weighted by molar-refractivity contribution is 14.1. The highest BCUT2D eigenvalue weighted by Gasteiger charge is 2.05. The van der Waals surface area contributed by atoms with Crippen molar-refractivity contribution >= 4 is 34.0 Å². The molecular weight excluding hydrogens is 343 g/mol. The number of nitrogens with two attached hydrogens (primary N) is 1. The molecule has 1 heterocycles. The first-order valence-electron chi connectivity index (χ1n) is 5.46. The van der Waals surface area contributed by atoms with Crippen molar-refractivity contribution in [1.29, 1.82) is 0 Å². The summed E-state index contributed by atoms with van der Waals surface area (Å²) in [5, 5.41) is 7.67. The summed E-state index contributed by atoms with van der Waals surface area (Å²) >= 11 is 2.26. The summed E-state index contributed by atoms with van der Waals surface area (Å²) in [5.74, 6) is 0.749. The maximum Gasteiger partial charge on any atom is 0.211 e. The van der Waals surface area contributed by atoms with Crippen LogP contribution in [0.15, 0.2) is 24.3 Å². The third-order valence-electron chi connectivity index (χ3n) is 2.55. The van der Waals surface area contributed by atoms with E-state index in [1.165, 1.54) is 0 Å². The van der Waals surface area contributed by atoms with Crippen molar-refractivity contribution in [3.63, 3.8) is 0 Å². The van der Waals surface area contributed by atoms with Crippen LogP contribution in [0.4, 0.5) is 11.4 Å². The molecule has 0 saturated carbocycles. The monoisotopic (exact) mass is 358 g/mol. The first-order valence-corrected chi connectivity index (χ1v) is 6.54. The van der Waals surface area contributed by atoms with Crippen LogP contribution in [0.1, 0.15) is 5.69 Å². The summed E-state index contributed by atoms with van der Waals surface area (Å²) < 4.78 is 7.98. The Labute approximate surface area is 119 Å². The number of benzene rings is 1. The molecule has 0 unspecified atom stereocenters. The van der Waals surface area contributed by atoms with Crippen LogP contribution in [0, 0.1) is 3.57 Å². The molecule has 3 N–H and O–H groups in total. The molecule has 0 aliphatic carbocycles. The van der Waals surface area contributed by atoms with Crippen LogP contribution < -0.4 is 15.8 Å². The van der Waals surface area contributed by atoms with E-state index >= 15 is 0 Å². The number of nitrogens with one attached hydrogen (secondary N) is 1. The van der Waals surface area contributed by atoms with Crippen LogP contribution >= 0.6 is 22.6 Å². The number of aromatic nitrogens is 2. The predicted octanol–water partition coefficient (Wildman–Crippen LogP) is 2.23. The van der Waals surface area contributed by atoms with Crippen molar-refractivity contribution in [3.8, 4) is 5.88 Å². The Morgan fingerprint density at radius 2 is 2.22 bits per heavy atom. The lowest BCUT2D eigenvalue weighted by Crippen LogP contribution is -2.03. The van der Waals surface area contributed by atoms with Gasteiger partial charge in [-0.3, -0.25) is 0 Å². The average molecular weight is 358 g/mol. The number of hydrogen-bond donors (Lipinski definition) is 2. The third-order valence-corrected chi connectivity index (χ3v) is 3.44. The SMILES string of the molecule is COc1cc(CNc2ccc(N)cc2I)nn1C. The fourth-order valence-electron chi connectivity index (χ4n) is 1.64. The molecule has 2 aromatic rings. The Morgan fingerprint density at radius 1 is 1.44 bits per heavy atom. The second-order valence-corrected chi connectivity index (χ2v) is 5.06. The van der Waals surface area contributed by atoms with Gasteiger partial charge in [-0.05, 0) is 40.8 Å². The largest absolute Gasteiger partial charge is 0.481 e. The van der Waals surface area contributed by atoms with Gasteiger partial charge in [0.15, 0.2) is 0 Å². The van der Waals surface area contributed by atoms with E-state index in [2.05, 4.69) is 33.0 Å². The summed E-state index contributed by atoms with van der Waals surface area (Å²) in [6, 6.07) is 7.69. The quantitative estimate of drug-likeness (QED) is 0.650. The molecule has 6 heteroatoms. The number of nitrogen functional groups attached to an aromatic ring is 1. The molecule has 0 amide bonds. The summed E-state index contributed by atoms with van der Waals surface area (Å²) in [4.78, 5) is 0. The van der Waals surface area contributed by atoms with Crippen LogP contribution in [-0.4, -0.2) is 16.9 Å². The lowest BCUT2D eigenvalue weighted by atomic mass is 10.3. The van der Waals surface area contributed by atoms with Crippen LogP contribution in [0.5, 0.6) is 5.88 Å². The highest BCUT2D eigenvalue weighted by Crippen LogP contribution is 2.21. The second-order valence-electron chi connectivity index (χ2n) is 3.89. The maximum absolute atomic E-state index is 5.71. The fraction of sp³-hybridized carbons (Fsp3) is 0.250. The van der Waals surface area contributed by atoms with E-state index in [0.717, 1.165) is 26.5 Å². The number of nitrogens with zero attached hydrogens (tertiary/aromatic N) is 2. The molecule has 18 heavy (non-hydrogen) atoms. The van der Waals surface area contributed by atoms with Crippen LogP contribution in [0.2, 0.25) is 0 Å². The Morgan fingerprint density at radius 3 is 2.83 bits per heavy atom. The second kappa shape index (κ2) is 5.47. The molecule has 0 aliphatic heterocycles. The number of methoxy groups -OCH3 is 1. The highest BCUT2D eigenvalue weighted by atomic mass is 127. The van der Waals surface area contributed by atoms with E-state index < -0.39 is 0 Å². The molecule has 0 aliphatic rings. The zero-order valence-corrected chi connectivity index (χ0v) is 12.4. The minimum Gasteiger partial charge on any atom is -0.481 e. The van der Waals surface area contributed by atoms with Gasteiger partial charge in [0.2, 0.25) is 5.88 Å². The topological polar surface area (TPSA) is 65.1 Å². The first kappa shape index (κ1) is 13.0. The molecule has 5 nitrogen and oxygen atoms in total. The van der Waals surface area contributed by atoms with Gasteiger partial charge in [-0.25, -0.2) is 4.68 Å². The van der Waals surface area contributed by atoms with Gasteiger partial charge in [-0.15, -0.1) is 0 Å². The maximum atomic E-state index is 5.71. The Bertz CT molecular complexity index is 553. The molecule has 0 bridgehead atoms. The zero-order valence-electron chi connectivity index (χ0n) is 10.3. The van der Waals surface area contributed by atoms with Gasteiger partial charge in [0.1, 0.15) is 0 Å². The predicted molar refractivity (Wildman–Crippen MR) is 80.7 cm³/mol. The molecule has 1 aromatic heterocycles. The van der Waals surface area contributed by atoms with Gasteiger partial charge in [0, 0.05) is 28.1 Å². The van der Waals surface area contributed by atoms with Gasteiger partial charge in [0.25, 0.3) is 0 Å².